The van der Waals surface area contributed by atoms with E-state index in [-0.39, 0.29) is 19.4 Å². The maximum Gasteiger partial charge on any atom is 0.472 e. The van der Waals surface area contributed by atoms with Gasteiger partial charge in [-0.1, -0.05) is 162 Å². The summed E-state index contributed by atoms with van der Waals surface area (Å²) in [6, 6.07) is 0. The van der Waals surface area contributed by atoms with Crippen molar-refractivity contribution in [3.63, 3.8) is 0 Å². The quantitative estimate of drug-likeness (QED) is 0.0234. The van der Waals surface area contributed by atoms with E-state index in [2.05, 4.69) is 110 Å². The van der Waals surface area contributed by atoms with E-state index < -0.39 is 51.8 Å². The number of hydrogen-bond acceptors (Lipinski definition) is 9. The zero-order valence-electron chi connectivity index (χ0n) is 37.8. The van der Waals surface area contributed by atoms with Gasteiger partial charge in [0.2, 0.25) is 0 Å². The lowest BCUT2D eigenvalue weighted by Gasteiger charge is -2.20. The average molecular weight is 875 g/mol. The Morgan fingerprint density at radius 2 is 0.902 bits per heavy atom. The fourth-order valence-corrected chi connectivity index (χ4v) is 6.41. The van der Waals surface area contributed by atoms with Gasteiger partial charge < -0.3 is 24.6 Å². The molecular formula is C50H83O10P. The molecule has 61 heavy (non-hydrogen) atoms. The molecule has 0 radical (unpaired) electrons. The molecule has 348 valence electrons. The topological polar surface area (TPSA) is 149 Å². The summed E-state index contributed by atoms with van der Waals surface area (Å²) < 4.78 is 32.7. The monoisotopic (exact) mass is 875 g/mol. The standard InChI is InChI=1S/C50H83O10P/c1-3-5-7-9-11-13-15-17-19-21-22-23-24-26-27-29-31-33-35-37-39-41-49(53)57-45-48(46-59-61(55,56)58-44-47(52)43-51)60-50(54)42-40-38-36-34-32-30-28-25-20-18-16-14-12-10-8-6-4-2/h8,10,14,16,19-21,23-25,27,29-30,32-33,35,47-48,51-52H,3-7,9,11-13,15,17-18,22,26,28,31,34,36-46H2,1-2H3,(H,55,56)/b10-8+,16-14+,21-19+,24-23+,25-20+,29-27+,32-30+,35-33+/t47-,48+/m0/s1. The van der Waals surface area contributed by atoms with Crippen LogP contribution in [0, 0.1) is 0 Å². The second kappa shape index (κ2) is 44.9. The van der Waals surface area contributed by atoms with Gasteiger partial charge in [-0.2, -0.15) is 0 Å². The van der Waals surface area contributed by atoms with Crippen molar-refractivity contribution in [3.8, 4) is 0 Å². The highest BCUT2D eigenvalue weighted by Gasteiger charge is 2.27. The Kier molecular flexibility index (Phi) is 42.6. The van der Waals surface area contributed by atoms with Gasteiger partial charge in [-0.25, -0.2) is 4.57 Å². The van der Waals surface area contributed by atoms with Crippen LogP contribution >= 0.6 is 7.82 Å². The second-order valence-electron chi connectivity index (χ2n) is 15.1. The molecule has 0 saturated heterocycles. The summed E-state index contributed by atoms with van der Waals surface area (Å²) in [4.78, 5) is 35.0. The van der Waals surface area contributed by atoms with Gasteiger partial charge in [-0.15, -0.1) is 0 Å². The van der Waals surface area contributed by atoms with Crippen molar-refractivity contribution in [1.29, 1.82) is 0 Å². The number of aliphatic hydroxyl groups is 2. The summed E-state index contributed by atoms with van der Waals surface area (Å²) in [5, 5.41) is 18.4. The van der Waals surface area contributed by atoms with Gasteiger partial charge in [0.25, 0.3) is 0 Å². The lowest BCUT2D eigenvalue weighted by molar-refractivity contribution is -0.161. The largest absolute Gasteiger partial charge is 0.472 e. The molecular weight excluding hydrogens is 792 g/mol. The zero-order chi connectivity index (χ0) is 44.8. The molecule has 11 heteroatoms. The minimum atomic E-state index is -4.65. The molecule has 10 nitrogen and oxygen atoms in total. The fraction of sp³-hybridized carbons (Fsp3) is 0.640. The van der Waals surface area contributed by atoms with E-state index in [4.69, 9.17) is 19.1 Å². The molecule has 0 aliphatic carbocycles. The minimum Gasteiger partial charge on any atom is -0.462 e. The highest BCUT2D eigenvalue weighted by molar-refractivity contribution is 7.47. The first-order chi connectivity index (χ1) is 29.7. The predicted octanol–water partition coefficient (Wildman–Crippen LogP) is 12.8. The number of aliphatic hydroxyl groups excluding tert-OH is 2. The number of esters is 2. The molecule has 0 aliphatic heterocycles. The Balaban J connectivity index is 4.43. The van der Waals surface area contributed by atoms with Crippen molar-refractivity contribution in [1.82, 2.24) is 0 Å². The highest BCUT2D eigenvalue weighted by Crippen LogP contribution is 2.43. The summed E-state index contributed by atoms with van der Waals surface area (Å²) in [7, 11) is -4.65. The average Bonchev–Trinajstić information content (AvgIpc) is 3.25. The maximum atomic E-state index is 12.6. The number of carbonyl (C=O) groups excluding carboxylic acids is 2. The third-order valence-corrected chi connectivity index (χ3v) is 10.1. The minimum absolute atomic E-state index is 0.129. The number of unbranched alkanes of at least 4 members (excludes halogenated alkanes) is 12. The lowest BCUT2D eigenvalue weighted by Crippen LogP contribution is -2.29. The van der Waals surface area contributed by atoms with E-state index in [1.54, 1.807) is 0 Å². The van der Waals surface area contributed by atoms with Gasteiger partial charge in [-0.05, 0) is 89.9 Å². The van der Waals surface area contributed by atoms with Crippen LogP contribution in [-0.4, -0.2) is 65.7 Å². The molecule has 3 N–H and O–H groups in total. The molecule has 0 fully saturated rings. The number of carbonyl (C=O) groups is 2. The highest BCUT2D eigenvalue weighted by atomic mass is 31.2. The van der Waals surface area contributed by atoms with Gasteiger partial charge in [0.05, 0.1) is 19.8 Å². The molecule has 0 rings (SSSR count). The van der Waals surface area contributed by atoms with Crippen LogP contribution in [0.2, 0.25) is 0 Å². The van der Waals surface area contributed by atoms with Crippen molar-refractivity contribution < 1.29 is 47.8 Å². The Morgan fingerprint density at radius 3 is 1.39 bits per heavy atom. The first-order valence-corrected chi connectivity index (χ1v) is 24.7. The molecule has 0 bridgehead atoms. The normalized spacial score (nSPS) is 14.6. The number of ether oxygens (including phenoxy) is 2. The van der Waals surface area contributed by atoms with E-state index in [0.717, 1.165) is 64.2 Å². The molecule has 0 aromatic heterocycles. The molecule has 0 aromatic rings. The van der Waals surface area contributed by atoms with Crippen LogP contribution in [0.3, 0.4) is 0 Å². The molecule has 1 unspecified atom stereocenters. The number of phosphoric ester groups is 1. The van der Waals surface area contributed by atoms with Gasteiger partial charge in [0, 0.05) is 12.8 Å². The molecule has 0 aromatic carbocycles. The number of phosphoric acid groups is 1. The van der Waals surface area contributed by atoms with E-state index in [1.807, 2.05) is 6.08 Å². The van der Waals surface area contributed by atoms with Crippen molar-refractivity contribution >= 4 is 19.8 Å². The molecule has 3 atom stereocenters. The zero-order valence-corrected chi connectivity index (χ0v) is 38.7. The summed E-state index contributed by atoms with van der Waals surface area (Å²) in [6.07, 6.45) is 55.2. The van der Waals surface area contributed by atoms with Gasteiger partial charge in [-0.3, -0.25) is 18.6 Å². The second-order valence-corrected chi connectivity index (χ2v) is 16.5. The SMILES string of the molecule is CCC/C=C/C/C=C/C/C=C/C/C=C/CCCCCC(=O)O[C@H](COC(=O)CCC/C=C/C/C=C/C/C=C/C/C=C/CCCCCCCCC)COP(=O)(O)OC[C@@H](O)CO. The Labute approximate surface area is 370 Å². The molecule has 0 amide bonds. The van der Waals surface area contributed by atoms with Crippen LogP contribution in [0.25, 0.3) is 0 Å². The molecule has 0 spiro atoms. The van der Waals surface area contributed by atoms with Gasteiger partial charge >= 0.3 is 19.8 Å². The van der Waals surface area contributed by atoms with Crippen LogP contribution in [0.4, 0.5) is 0 Å². The molecule has 0 heterocycles. The van der Waals surface area contributed by atoms with Crippen LogP contribution in [0.1, 0.15) is 168 Å². The van der Waals surface area contributed by atoms with E-state index in [9.17, 15) is 24.2 Å². The van der Waals surface area contributed by atoms with Crippen LogP contribution in [0.5, 0.6) is 0 Å². The first-order valence-electron chi connectivity index (χ1n) is 23.2. The van der Waals surface area contributed by atoms with Crippen molar-refractivity contribution in [2.45, 2.75) is 180 Å². The summed E-state index contributed by atoms with van der Waals surface area (Å²) >= 11 is 0. The molecule has 0 saturated carbocycles. The van der Waals surface area contributed by atoms with Crippen molar-refractivity contribution in [2.75, 3.05) is 26.4 Å². The van der Waals surface area contributed by atoms with E-state index in [0.29, 0.717) is 19.3 Å². The Bertz CT molecular complexity index is 1330. The Hall–Kier alpha value is -3.11. The maximum absolute atomic E-state index is 12.6. The predicted molar refractivity (Wildman–Crippen MR) is 251 cm³/mol. The van der Waals surface area contributed by atoms with Crippen LogP contribution in [0.15, 0.2) is 97.2 Å². The Morgan fingerprint density at radius 1 is 0.492 bits per heavy atom. The summed E-state index contributed by atoms with van der Waals surface area (Å²) in [5.74, 6) is -1.04. The third-order valence-electron chi connectivity index (χ3n) is 9.19. The van der Waals surface area contributed by atoms with Gasteiger partial charge in [0.15, 0.2) is 6.10 Å². The molecule has 0 aliphatic rings. The smallest absolute Gasteiger partial charge is 0.462 e. The van der Waals surface area contributed by atoms with Crippen molar-refractivity contribution in [2.24, 2.45) is 0 Å². The van der Waals surface area contributed by atoms with Crippen LogP contribution in [-0.2, 0) is 32.7 Å². The van der Waals surface area contributed by atoms with Crippen LogP contribution < -0.4 is 0 Å². The first kappa shape index (κ1) is 57.9. The van der Waals surface area contributed by atoms with Crippen molar-refractivity contribution in [3.05, 3.63) is 97.2 Å². The number of rotatable bonds is 42. The lowest BCUT2D eigenvalue weighted by atomic mass is 10.1. The third kappa shape index (κ3) is 44.7. The summed E-state index contributed by atoms with van der Waals surface area (Å²) in [5.41, 5.74) is 0. The van der Waals surface area contributed by atoms with Gasteiger partial charge in [0.1, 0.15) is 12.7 Å². The van der Waals surface area contributed by atoms with E-state index >= 15 is 0 Å². The fourth-order valence-electron chi connectivity index (χ4n) is 5.62. The summed E-state index contributed by atoms with van der Waals surface area (Å²) in [6.45, 7) is 2.20. The van der Waals surface area contributed by atoms with E-state index in [1.165, 1.54) is 57.8 Å². The number of hydrogen-bond donors (Lipinski definition) is 3. The number of allylic oxidation sites excluding steroid dienone is 16.